The Balaban J connectivity index is 1.78. The first-order valence-corrected chi connectivity index (χ1v) is 11.5. The average Bonchev–Trinajstić information content (AvgIpc) is 2.84. The largest absolute Gasteiger partial charge is 0.298 e. The summed E-state index contributed by atoms with van der Waals surface area (Å²) in [6.45, 7) is 6.54. The van der Waals surface area contributed by atoms with Crippen molar-refractivity contribution in [3.05, 3.63) is 99.1 Å². The van der Waals surface area contributed by atoms with Gasteiger partial charge in [0, 0.05) is 6.54 Å². The van der Waals surface area contributed by atoms with Crippen LogP contribution in [0.5, 0.6) is 0 Å². The van der Waals surface area contributed by atoms with Crippen LogP contribution >= 0.6 is 11.6 Å². The zero-order valence-corrected chi connectivity index (χ0v) is 19.7. The maximum atomic E-state index is 13.9. The Kier molecular flexibility index (Phi) is 7.14. The van der Waals surface area contributed by atoms with Crippen LogP contribution in [0.2, 0.25) is 5.02 Å². The summed E-state index contributed by atoms with van der Waals surface area (Å²) in [5, 5.41) is 0.422. The Hall–Kier alpha value is -3.42. The van der Waals surface area contributed by atoms with Crippen LogP contribution in [0.3, 0.4) is 0 Å². The fourth-order valence-corrected chi connectivity index (χ4v) is 4.06. The van der Waals surface area contributed by atoms with Crippen LogP contribution in [0.4, 0.5) is 4.39 Å². The summed E-state index contributed by atoms with van der Waals surface area (Å²) in [6.07, 6.45) is -0.171. The van der Waals surface area contributed by atoms with Crippen molar-refractivity contribution in [1.82, 2.24) is 19.4 Å². The molecule has 0 fully saturated rings. The Bertz CT molecular complexity index is 1420. The molecule has 0 N–H and O–H groups in total. The zero-order valence-electron chi connectivity index (χ0n) is 19.0. The van der Waals surface area contributed by atoms with E-state index in [-0.39, 0.29) is 23.4 Å². The number of pyridine rings is 1. The summed E-state index contributed by atoms with van der Waals surface area (Å²) in [5.41, 5.74) is 1.27. The van der Waals surface area contributed by atoms with Crippen LogP contribution in [0.25, 0.3) is 16.6 Å². The lowest BCUT2D eigenvalue weighted by atomic mass is 10.1. The molecule has 0 amide bonds. The molecule has 0 unspecified atom stereocenters. The zero-order chi connectivity index (χ0) is 24.2. The van der Waals surface area contributed by atoms with Crippen molar-refractivity contribution >= 4 is 28.3 Å². The van der Waals surface area contributed by atoms with E-state index in [0.29, 0.717) is 28.5 Å². The molecule has 0 bridgehead atoms. The Morgan fingerprint density at radius 3 is 2.53 bits per heavy atom. The molecule has 8 heteroatoms. The molecular weight excluding hydrogens is 455 g/mol. The highest BCUT2D eigenvalue weighted by Gasteiger charge is 2.19. The number of halogens is 2. The maximum absolute atomic E-state index is 13.9. The van der Waals surface area contributed by atoms with E-state index in [9.17, 15) is 14.0 Å². The topological polar surface area (TPSA) is 68.1 Å². The van der Waals surface area contributed by atoms with Crippen molar-refractivity contribution < 1.29 is 9.18 Å². The Morgan fingerprint density at radius 2 is 1.79 bits per heavy atom. The molecule has 0 aliphatic heterocycles. The minimum atomic E-state index is -0.546. The number of carbonyl (C=O) groups excluding carboxylic acids is 1. The van der Waals surface area contributed by atoms with E-state index < -0.39 is 11.4 Å². The molecule has 0 atom stereocenters. The molecule has 0 spiro atoms. The number of ketones is 1. The van der Waals surface area contributed by atoms with E-state index in [4.69, 9.17) is 11.6 Å². The van der Waals surface area contributed by atoms with Gasteiger partial charge in [-0.25, -0.2) is 14.4 Å². The first-order valence-electron chi connectivity index (χ1n) is 11.1. The lowest BCUT2D eigenvalue weighted by Gasteiger charge is -2.17. The second-order valence-electron chi connectivity index (χ2n) is 7.86. The maximum Gasteiger partial charge on any atom is 0.266 e. The molecule has 4 rings (SSSR count). The summed E-state index contributed by atoms with van der Waals surface area (Å²) < 4.78 is 15.2. The van der Waals surface area contributed by atoms with Gasteiger partial charge in [0.15, 0.2) is 5.78 Å². The number of benzene rings is 2. The molecule has 0 aliphatic rings. The number of carbonyl (C=O) groups is 1. The molecule has 0 aliphatic carbocycles. The lowest BCUT2D eigenvalue weighted by Crippen LogP contribution is -2.26. The molecular formula is C26H24ClFN4O2. The summed E-state index contributed by atoms with van der Waals surface area (Å²) in [6, 6.07) is 15.9. The number of hydrogen-bond donors (Lipinski definition) is 0. The summed E-state index contributed by atoms with van der Waals surface area (Å²) in [4.78, 5) is 37.9. The van der Waals surface area contributed by atoms with Crippen molar-refractivity contribution in [1.29, 1.82) is 0 Å². The number of hydrogen-bond acceptors (Lipinski definition) is 5. The summed E-state index contributed by atoms with van der Waals surface area (Å²) in [7, 11) is 0. The van der Waals surface area contributed by atoms with Gasteiger partial charge in [-0.3, -0.25) is 19.1 Å². The van der Waals surface area contributed by atoms with Crippen molar-refractivity contribution in [2.45, 2.75) is 26.8 Å². The molecule has 4 aromatic rings. The number of Topliss-reactive ketones (excluding diaryl/α,β-unsaturated/α-hetero) is 1. The van der Waals surface area contributed by atoms with Crippen molar-refractivity contribution in [2.24, 2.45) is 0 Å². The highest BCUT2D eigenvalue weighted by Crippen LogP contribution is 2.22. The molecule has 2 aromatic carbocycles. The molecule has 2 heterocycles. The lowest BCUT2D eigenvalue weighted by molar-refractivity contribution is 0.0985. The fraction of sp³-hybridized carbons (Fsp3) is 0.231. The van der Waals surface area contributed by atoms with Crippen LogP contribution < -0.4 is 5.56 Å². The predicted octanol–water partition coefficient (Wildman–Crippen LogP) is 4.84. The third kappa shape index (κ3) is 4.90. The highest BCUT2D eigenvalue weighted by atomic mass is 35.5. The first kappa shape index (κ1) is 23.7. The van der Waals surface area contributed by atoms with E-state index in [1.165, 1.54) is 16.7 Å². The standard InChI is InChI=1S/C26H24ClFN4O2/c1-3-31(4-2)16-18-8-7-10-22(29-18)24(33)15-25-30-21-13-12-17(28)14-19(21)26(34)32(25)23-11-6-5-9-20(23)27/h5-14H,3-4,15-16H2,1-2H3. The second-order valence-corrected chi connectivity index (χ2v) is 8.26. The van der Waals surface area contributed by atoms with E-state index in [0.717, 1.165) is 24.8 Å². The van der Waals surface area contributed by atoms with Gasteiger partial charge in [-0.1, -0.05) is 43.6 Å². The van der Waals surface area contributed by atoms with E-state index in [1.807, 2.05) is 6.07 Å². The minimum absolute atomic E-state index is 0.107. The quantitative estimate of drug-likeness (QED) is 0.339. The van der Waals surface area contributed by atoms with Gasteiger partial charge in [-0.2, -0.15) is 0 Å². The summed E-state index contributed by atoms with van der Waals surface area (Å²) in [5.74, 6) is -0.621. The van der Waals surface area contributed by atoms with Gasteiger partial charge < -0.3 is 0 Å². The third-order valence-electron chi connectivity index (χ3n) is 5.68. The second kappa shape index (κ2) is 10.2. The van der Waals surface area contributed by atoms with Gasteiger partial charge in [0.2, 0.25) is 0 Å². The number of nitrogens with zero attached hydrogens (tertiary/aromatic N) is 4. The molecule has 0 saturated carbocycles. The van der Waals surface area contributed by atoms with Crippen molar-refractivity contribution in [3.63, 3.8) is 0 Å². The first-order chi connectivity index (χ1) is 16.4. The number of rotatable bonds is 8. The molecule has 0 saturated heterocycles. The van der Waals surface area contributed by atoms with E-state index in [2.05, 4.69) is 28.7 Å². The Morgan fingerprint density at radius 1 is 1.03 bits per heavy atom. The predicted molar refractivity (Wildman–Crippen MR) is 131 cm³/mol. The third-order valence-corrected chi connectivity index (χ3v) is 6.00. The highest BCUT2D eigenvalue weighted by molar-refractivity contribution is 6.32. The van der Waals surface area contributed by atoms with Gasteiger partial charge in [-0.15, -0.1) is 0 Å². The number of fused-ring (bicyclic) bond motifs is 1. The molecule has 34 heavy (non-hydrogen) atoms. The van der Waals surface area contributed by atoms with Gasteiger partial charge in [-0.05, 0) is 55.6 Å². The minimum Gasteiger partial charge on any atom is -0.298 e. The smallest absolute Gasteiger partial charge is 0.266 e. The van der Waals surface area contributed by atoms with Crippen molar-refractivity contribution in [2.75, 3.05) is 13.1 Å². The Labute approximate surface area is 201 Å². The summed E-state index contributed by atoms with van der Waals surface area (Å²) >= 11 is 6.37. The van der Waals surface area contributed by atoms with Crippen LogP contribution in [-0.2, 0) is 13.0 Å². The van der Waals surface area contributed by atoms with Gasteiger partial charge in [0.1, 0.15) is 17.3 Å². The number of aromatic nitrogens is 3. The van der Waals surface area contributed by atoms with Crippen LogP contribution in [0.15, 0.2) is 65.5 Å². The molecule has 0 radical (unpaired) electrons. The molecule has 6 nitrogen and oxygen atoms in total. The van der Waals surface area contributed by atoms with Crippen molar-refractivity contribution in [3.8, 4) is 5.69 Å². The molecule has 174 valence electrons. The molecule has 2 aromatic heterocycles. The van der Waals surface area contributed by atoms with Gasteiger partial charge in [0.05, 0.1) is 33.7 Å². The van der Waals surface area contributed by atoms with Crippen LogP contribution in [0.1, 0.15) is 35.9 Å². The monoisotopic (exact) mass is 478 g/mol. The van der Waals surface area contributed by atoms with E-state index >= 15 is 0 Å². The van der Waals surface area contributed by atoms with E-state index in [1.54, 1.807) is 36.4 Å². The normalized spacial score (nSPS) is 11.3. The van der Waals surface area contributed by atoms with Crippen LogP contribution in [0, 0.1) is 5.82 Å². The number of para-hydroxylation sites is 1. The van der Waals surface area contributed by atoms with Crippen LogP contribution in [-0.4, -0.2) is 38.3 Å². The van der Waals surface area contributed by atoms with Gasteiger partial charge >= 0.3 is 0 Å². The SMILES string of the molecule is CCN(CC)Cc1cccc(C(=O)Cc2nc3ccc(F)cc3c(=O)n2-c2ccccc2Cl)n1. The fourth-order valence-electron chi connectivity index (χ4n) is 3.84. The average molecular weight is 479 g/mol. The van der Waals surface area contributed by atoms with Gasteiger partial charge in [0.25, 0.3) is 5.56 Å².